The molecular weight excluding hydrogens is 342 g/mol. The molecule has 27 heavy (non-hydrogen) atoms. The Bertz CT molecular complexity index is 1050. The number of aryl methyl sites for hydroxylation is 1. The minimum atomic E-state index is -0.405. The fourth-order valence-electron chi connectivity index (χ4n) is 2.61. The van der Waals surface area contributed by atoms with Gasteiger partial charge in [0.2, 0.25) is 0 Å². The average molecular weight is 359 g/mol. The van der Waals surface area contributed by atoms with Crippen molar-refractivity contribution in [3.8, 4) is 22.6 Å². The van der Waals surface area contributed by atoms with E-state index in [1.807, 2.05) is 61.5 Å². The maximum Gasteiger partial charge on any atom is 0.307 e. The van der Waals surface area contributed by atoms with Gasteiger partial charge in [-0.05, 0) is 6.92 Å². The predicted molar refractivity (Wildman–Crippen MR) is 99.8 cm³/mol. The molecule has 2 aromatic carbocycles. The second kappa shape index (κ2) is 7.29. The Labute approximate surface area is 155 Å². The van der Waals surface area contributed by atoms with Crippen LogP contribution in [0.25, 0.3) is 22.6 Å². The molecule has 0 atom stereocenters. The summed E-state index contributed by atoms with van der Waals surface area (Å²) in [5.41, 5.74) is 3.59. The van der Waals surface area contributed by atoms with Crippen molar-refractivity contribution in [3.05, 3.63) is 84.0 Å². The maximum atomic E-state index is 12.3. The van der Waals surface area contributed by atoms with Crippen LogP contribution in [0.3, 0.4) is 0 Å². The first-order valence-corrected chi connectivity index (χ1v) is 8.51. The molecule has 1 N–H and O–H groups in total. The van der Waals surface area contributed by atoms with Crippen molar-refractivity contribution in [1.82, 2.24) is 15.5 Å². The van der Waals surface area contributed by atoms with Crippen molar-refractivity contribution in [1.29, 1.82) is 0 Å². The zero-order chi connectivity index (χ0) is 18.6. The Kier molecular flexibility index (Phi) is 4.53. The van der Waals surface area contributed by atoms with E-state index in [1.165, 1.54) is 11.8 Å². The Morgan fingerprint density at radius 2 is 1.74 bits per heavy atom. The van der Waals surface area contributed by atoms with Crippen molar-refractivity contribution in [2.24, 2.45) is 0 Å². The third-order valence-corrected chi connectivity index (χ3v) is 4.08. The number of nitrogens with zero attached hydrogens (tertiary/aromatic N) is 2. The van der Waals surface area contributed by atoms with E-state index in [0.717, 1.165) is 11.1 Å². The van der Waals surface area contributed by atoms with Gasteiger partial charge in [0.25, 0.3) is 5.89 Å². The molecule has 0 fully saturated rings. The van der Waals surface area contributed by atoms with Crippen LogP contribution in [0.1, 0.15) is 21.9 Å². The molecule has 6 heteroatoms. The lowest BCUT2D eigenvalue weighted by Crippen LogP contribution is -2.23. The van der Waals surface area contributed by atoms with E-state index in [4.69, 9.17) is 8.94 Å². The Morgan fingerprint density at radius 1 is 1.00 bits per heavy atom. The van der Waals surface area contributed by atoms with Gasteiger partial charge in [-0.15, -0.1) is 0 Å². The third kappa shape index (κ3) is 3.79. The molecule has 0 aliphatic heterocycles. The molecule has 1 amide bonds. The van der Waals surface area contributed by atoms with E-state index < -0.39 is 5.91 Å². The van der Waals surface area contributed by atoms with Crippen LogP contribution in [-0.4, -0.2) is 16.0 Å². The molecule has 0 saturated carbocycles. The normalized spacial score (nSPS) is 10.7. The van der Waals surface area contributed by atoms with Crippen LogP contribution < -0.4 is 5.32 Å². The molecule has 4 rings (SSSR count). The first kappa shape index (κ1) is 16.8. The molecule has 2 aromatic heterocycles. The lowest BCUT2D eigenvalue weighted by atomic mass is 10.1. The van der Waals surface area contributed by atoms with Crippen LogP contribution in [0.4, 0.5) is 0 Å². The van der Waals surface area contributed by atoms with Gasteiger partial charge in [0.05, 0.1) is 12.7 Å². The van der Waals surface area contributed by atoms with E-state index in [0.29, 0.717) is 17.2 Å². The highest BCUT2D eigenvalue weighted by Crippen LogP contribution is 2.21. The van der Waals surface area contributed by atoms with E-state index in [1.54, 1.807) is 6.07 Å². The summed E-state index contributed by atoms with van der Waals surface area (Å²) < 4.78 is 10.9. The van der Waals surface area contributed by atoms with Crippen molar-refractivity contribution in [2.75, 3.05) is 0 Å². The van der Waals surface area contributed by atoms with Gasteiger partial charge >= 0.3 is 5.91 Å². The van der Waals surface area contributed by atoms with Gasteiger partial charge in [-0.2, -0.15) is 0 Å². The van der Waals surface area contributed by atoms with Gasteiger partial charge in [-0.1, -0.05) is 65.3 Å². The minimum Gasteiger partial charge on any atom is -0.432 e. The summed E-state index contributed by atoms with van der Waals surface area (Å²) in [4.78, 5) is 16.3. The van der Waals surface area contributed by atoms with E-state index >= 15 is 0 Å². The van der Waals surface area contributed by atoms with Crippen LogP contribution in [0.5, 0.6) is 0 Å². The van der Waals surface area contributed by atoms with Crippen LogP contribution >= 0.6 is 0 Å². The van der Waals surface area contributed by atoms with Crippen molar-refractivity contribution in [2.45, 2.75) is 13.5 Å². The van der Waals surface area contributed by atoms with Crippen molar-refractivity contribution < 1.29 is 13.7 Å². The quantitative estimate of drug-likeness (QED) is 0.576. The number of nitrogens with one attached hydrogen (secondary N) is 1. The molecule has 0 aliphatic rings. The summed E-state index contributed by atoms with van der Waals surface area (Å²) in [6, 6.07) is 19.2. The Balaban J connectivity index is 1.40. The summed E-state index contributed by atoms with van der Waals surface area (Å²) in [6.07, 6.45) is 1.54. The Morgan fingerprint density at radius 3 is 2.52 bits per heavy atom. The van der Waals surface area contributed by atoms with Gasteiger partial charge in [-0.25, -0.2) is 4.98 Å². The Hall–Kier alpha value is -3.67. The number of hydrogen-bond donors (Lipinski definition) is 1. The van der Waals surface area contributed by atoms with E-state index in [-0.39, 0.29) is 12.4 Å². The average Bonchev–Trinajstić information content (AvgIpc) is 3.37. The van der Waals surface area contributed by atoms with Crippen molar-refractivity contribution in [3.63, 3.8) is 0 Å². The lowest BCUT2D eigenvalue weighted by molar-refractivity contribution is 0.0916. The van der Waals surface area contributed by atoms with Crippen LogP contribution in [0, 0.1) is 6.92 Å². The SMILES string of the molecule is Cc1ccc(-c2cc(CNC(=O)c3ncc(-c4ccccc4)o3)no2)cc1. The zero-order valence-corrected chi connectivity index (χ0v) is 14.7. The second-order valence-corrected chi connectivity index (χ2v) is 6.13. The molecule has 0 aliphatic carbocycles. The van der Waals surface area contributed by atoms with Gasteiger partial charge in [-0.3, -0.25) is 4.79 Å². The first-order valence-electron chi connectivity index (χ1n) is 8.51. The van der Waals surface area contributed by atoms with E-state index in [9.17, 15) is 4.79 Å². The molecular formula is C21H17N3O3. The standard InChI is InChI=1S/C21H17N3O3/c1-14-7-9-16(10-8-14)18-11-17(24-27-18)12-22-20(25)21-23-13-19(26-21)15-5-3-2-4-6-15/h2-11,13H,12H2,1H3,(H,22,25). The molecule has 0 saturated heterocycles. The lowest BCUT2D eigenvalue weighted by Gasteiger charge is -1.98. The molecule has 0 radical (unpaired) electrons. The topological polar surface area (TPSA) is 81.2 Å². The summed E-state index contributed by atoms with van der Waals surface area (Å²) in [5.74, 6) is 0.804. The van der Waals surface area contributed by atoms with E-state index in [2.05, 4.69) is 15.5 Å². The fourth-order valence-corrected chi connectivity index (χ4v) is 2.61. The molecule has 0 unspecified atom stereocenters. The third-order valence-electron chi connectivity index (χ3n) is 4.08. The van der Waals surface area contributed by atoms with Crippen LogP contribution in [-0.2, 0) is 6.54 Å². The van der Waals surface area contributed by atoms with Crippen LogP contribution in [0.2, 0.25) is 0 Å². The van der Waals surface area contributed by atoms with Gasteiger partial charge in [0.1, 0.15) is 5.69 Å². The first-order chi connectivity index (χ1) is 13.2. The molecule has 0 spiro atoms. The molecule has 4 aromatic rings. The number of amides is 1. The minimum absolute atomic E-state index is 0.0103. The monoisotopic (exact) mass is 359 g/mol. The van der Waals surface area contributed by atoms with Crippen molar-refractivity contribution >= 4 is 5.91 Å². The number of oxazole rings is 1. The van der Waals surface area contributed by atoms with Gasteiger partial charge in [0, 0.05) is 17.2 Å². The van der Waals surface area contributed by atoms with Gasteiger partial charge in [0.15, 0.2) is 11.5 Å². The predicted octanol–water partition coefficient (Wildman–Crippen LogP) is 4.24. The number of carbonyl (C=O) groups excluding carboxylic acids is 1. The maximum absolute atomic E-state index is 12.3. The second-order valence-electron chi connectivity index (χ2n) is 6.13. The highest BCUT2D eigenvalue weighted by Gasteiger charge is 2.15. The molecule has 2 heterocycles. The number of aromatic nitrogens is 2. The highest BCUT2D eigenvalue weighted by atomic mass is 16.5. The molecule has 6 nitrogen and oxygen atoms in total. The fraction of sp³-hybridized carbons (Fsp3) is 0.0952. The number of benzene rings is 2. The summed E-state index contributed by atoms with van der Waals surface area (Å²) in [6.45, 7) is 2.24. The number of carbonyl (C=O) groups is 1. The molecule has 134 valence electrons. The van der Waals surface area contributed by atoms with Crippen LogP contribution in [0.15, 0.2) is 75.8 Å². The number of hydrogen-bond acceptors (Lipinski definition) is 5. The summed E-state index contributed by atoms with van der Waals surface area (Å²) >= 11 is 0. The largest absolute Gasteiger partial charge is 0.432 e. The summed E-state index contributed by atoms with van der Waals surface area (Å²) in [5, 5.41) is 6.73. The smallest absolute Gasteiger partial charge is 0.307 e. The summed E-state index contributed by atoms with van der Waals surface area (Å²) in [7, 11) is 0. The highest BCUT2D eigenvalue weighted by molar-refractivity contribution is 5.89. The van der Waals surface area contributed by atoms with Gasteiger partial charge < -0.3 is 14.3 Å². The molecule has 0 bridgehead atoms. The number of rotatable bonds is 5. The zero-order valence-electron chi connectivity index (χ0n) is 14.7.